The summed E-state index contributed by atoms with van der Waals surface area (Å²) in [5.74, 6) is 0.532. The van der Waals surface area contributed by atoms with Crippen LogP contribution in [0.2, 0.25) is 0 Å². The van der Waals surface area contributed by atoms with Crippen molar-refractivity contribution in [2.45, 2.75) is 32.7 Å². The Hall–Kier alpha value is -2.87. The third-order valence-electron chi connectivity index (χ3n) is 5.03. The highest BCUT2D eigenvalue weighted by atomic mass is 32.1. The Kier molecular flexibility index (Phi) is 3.86. The number of carbonyl (C=O) groups is 1. The molecule has 7 nitrogen and oxygen atoms in total. The number of fused-ring (bicyclic) bond motifs is 5. The fourth-order valence-electron chi connectivity index (χ4n) is 3.60. The quantitative estimate of drug-likeness (QED) is 0.592. The number of nitrogens with zero attached hydrogens (tertiary/aromatic N) is 5. The number of aryl methyl sites for hydroxylation is 1. The minimum atomic E-state index is -0.291. The van der Waals surface area contributed by atoms with E-state index in [9.17, 15) is 4.79 Å². The summed E-state index contributed by atoms with van der Waals surface area (Å²) in [7, 11) is 0. The number of hydrogen-bond donors (Lipinski definition) is 1. The molecule has 1 aliphatic rings. The first kappa shape index (κ1) is 16.3. The largest absolute Gasteiger partial charge is 0.345 e. The van der Waals surface area contributed by atoms with Gasteiger partial charge in [-0.1, -0.05) is 6.92 Å². The zero-order valence-corrected chi connectivity index (χ0v) is 15.7. The molecule has 0 aromatic carbocycles. The van der Waals surface area contributed by atoms with Gasteiger partial charge < -0.3 is 5.32 Å². The fraction of sp³-hybridized carbons (Fsp3) is 0.316. The molecule has 0 spiro atoms. The molecule has 27 heavy (non-hydrogen) atoms. The fourth-order valence-corrected chi connectivity index (χ4v) is 4.78. The molecule has 0 radical (unpaired) electrons. The number of amides is 1. The smallest absolute Gasteiger partial charge is 0.291 e. The molecule has 0 unspecified atom stereocenters. The summed E-state index contributed by atoms with van der Waals surface area (Å²) >= 11 is 1.74. The van der Waals surface area contributed by atoms with Gasteiger partial charge in [0.1, 0.15) is 11.2 Å². The Balaban J connectivity index is 1.50. The summed E-state index contributed by atoms with van der Waals surface area (Å²) < 4.78 is 1.62. The van der Waals surface area contributed by atoms with E-state index in [0.717, 1.165) is 34.3 Å². The normalized spacial score (nSPS) is 16.6. The lowest BCUT2D eigenvalue weighted by Gasteiger charge is -2.17. The molecule has 0 bridgehead atoms. The van der Waals surface area contributed by atoms with E-state index in [1.807, 2.05) is 12.1 Å². The summed E-state index contributed by atoms with van der Waals surface area (Å²) in [6.07, 6.45) is 8.40. The van der Waals surface area contributed by atoms with Crippen LogP contribution in [0.1, 0.15) is 40.0 Å². The number of nitrogens with one attached hydrogen (secondary N) is 1. The van der Waals surface area contributed by atoms with Crippen LogP contribution < -0.4 is 5.32 Å². The third kappa shape index (κ3) is 2.86. The SMILES string of the molecule is C[C@@H]1CCc2sc3ncn4nc(C(=O)NCc5ccncc5)nc4c3c2C1. The lowest BCUT2D eigenvalue weighted by Crippen LogP contribution is -2.24. The van der Waals surface area contributed by atoms with Crippen molar-refractivity contribution in [3.63, 3.8) is 0 Å². The average Bonchev–Trinajstić information content (AvgIpc) is 3.27. The van der Waals surface area contributed by atoms with Crippen LogP contribution in [0, 0.1) is 5.92 Å². The van der Waals surface area contributed by atoms with Crippen molar-refractivity contribution in [2.24, 2.45) is 5.92 Å². The first-order chi connectivity index (χ1) is 13.2. The van der Waals surface area contributed by atoms with E-state index in [0.29, 0.717) is 12.5 Å². The van der Waals surface area contributed by atoms with Crippen LogP contribution in [-0.2, 0) is 19.4 Å². The van der Waals surface area contributed by atoms with Gasteiger partial charge >= 0.3 is 0 Å². The highest BCUT2D eigenvalue weighted by molar-refractivity contribution is 7.19. The van der Waals surface area contributed by atoms with Crippen LogP contribution in [0.4, 0.5) is 0 Å². The minimum Gasteiger partial charge on any atom is -0.345 e. The molecular formula is C19H18N6OS. The van der Waals surface area contributed by atoms with Gasteiger partial charge in [-0.3, -0.25) is 9.78 Å². The van der Waals surface area contributed by atoms with E-state index in [4.69, 9.17) is 0 Å². The number of hydrogen-bond acceptors (Lipinski definition) is 6. The number of carbonyl (C=O) groups excluding carboxylic acids is 1. The van der Waals surface area contributed by atoms with Crippen LogP contribution in [0.5, 0.6) is 0 Å². The molecule has 4 aromatic heterocycles. The summed E-state index contributed by atoms with van der Waals surface area (Å²) in [4.78, 5) is 28.0. The van der Waals surface area contributed by atoms with E-state index in [1.165, 1.54) is 16.9 Å². The maximum Gasteiger partial charge on any atom is 0.291 e. The number of thiophene rings is 1. The standard InChI is InChI=1S/C19H18N6OS/c1-11-2-3-14-13(8-11)15-17-23-16(24-25(17)10-22-19(15)27-14)18(26)21-9-12-4-6-20-7-5-12/h4-7,10-11H,2-3,8-9H2,1H3,(H,21,26)/t11-/m1/s1. The van der Waals surface area contributed by atoms with Gasteiger partial charge in [0.25, 0.3) is 5.91 Å². The second-order valence-corrected chi connectivity index (χ2v) is 8.10. The zero-order chi connectivity index (χ0) is 18.4. The van der Waals surface area contributed by atoms with Gasteiger partial charge in [0.15, 0.2) is 5.65 Å². The summed E-state index contributed by atoms with van der Waals surface area (Å²) in [6, 6.07) is 3.73. The van der Waals surface area contributed by atoms with Gasteiger partial charge in [-0.2, -0.15) is 0 Å². The molecule has 1 N–H and O–H groups in total. The molecule has 1 amide bonds. The molecule has 1 atom stereocenters. The molecule has 4 heterocycles. The molecule has 136 valence electrons. The van der Waals surface area contributed by atoms with Gasteiger partial charge in [0.05, 0.1) is 5.39 Å². The van der Waals surface area contributed by atoms with Crippen molar-refractivity contribution in [1.29, 1.82) is 0 Å². The van der Waals surface area contributed by atoms with Gasteiger partial charge in [0, 0.05) is 23.8 Å². The van der Waals surface area contributed by atoms with Crippen molar-refractivity contribution >= 4 is 33.1 Å². The first-order valence-electron chi connectivity index (χ1n) is 9.02. The van der Waals surface area contributed by atoms with E-state index in [-0.39, 0.29) is 11.7 Å². The Morgan fingerprint density at radius 3 is 3.07 bits per heavy atom. The van der Waals surface area contributed by atoms with Crippen LogP contribution in [0.3, 0.4) is 0 Å². The van der Waals surface area contributed by atoms with Gasteiger partial charge in [-0.05, 0) is 48.4 Å². The van der Waals surface area contributed by atoms with Crippen LogP contribution in [0.15, 0.2) is 30.9 Å². The second-order valence-electron chi connectivity index (χ2n) is 7.02. The topological polar surface area (TPSA) is 85.1 Å². The maximum absolute atomic E-state index is 12.5. The molecule has 4 aromatic rings. The Bertz CT molecular complexity index is 1150. The monoisotopic (exact) mass is 378 g/mol. The Labute approximate surface area is 159 Å². The van der Waals surface area contributed by atoms with E-state index in [2.05, 4.69) is 32.3 Å². The van der Waals surface area contributed by atoms with Gasteiger partial charge in [-0.25, -0.2) is 14.5 Å². The molecule has 0 saturated heterocycles. The second kappa shape index (κ2) is 6.38. The van der Waals surface area contributed by atoms with Crippen LogP contribution in [-0.4, -0.2) is 30.5 Å². The predicted octanol–water partition coefficient (Wildman–Crippen LogP) is 2.79. The number of rotatable bonds is 3. The minimum absolute atomic E-state index is 0.169. The van der Waals surface area contributed by atoms with E-state index < -0.39 is 0 Å². The van der Waals surface area contributed by atoms with Crippen molar-refractivity contribution in [3.8, 4) is 0 Å². The Morgan fingerprint density at radius 1 is 1.37 bits per heavy atom. The molecule has 1 aliphatic carbocycles. The van der Waals surface area contributed by atoms with Gasteiger partial charge in [-0.15, -0.1) is 16.4 Å². The van der Waals surface area contributed by atoms with Crippen molar-refractivity contribution in [2.75, 3.05) is 0 Å². The molecule has 5 rings (SSSR count). The highest BCUT2D eigenvalue weighted by Crippen LogP contribution is 2.38. The van der Waals surface area contributed by atoms with Crippen LogP contribution in [0.25, 0.3) is 15.9 Å². The average molecular weight is 378 g/mol. The predicted molar refractivity (Wildman–Crippen MR) is 103 cm³/mol. The number of pyridine rings is 1. The Morgan fingerprint density at radius 2 is 2.22 bits per heavy atom. The van der Waals surface area contributed by atoms with Crippen LogP contribution >= 0.6 is 11.3 Å². The summed E-state index contributed by atoms with van der Waals surface area (Å²) in [5.41, 5.74) is 3.04. The van der Waals surface area contributed by atoms with E-state index >= 15 is 0 Å². The van der Waals surface area contributed by atoms with Crippen molar-refractivity contribution in [1.82, 2.24) is 29.9 Å². The number of aromatic nitrogens is 5. The van der Waals surface area contributed by atoms with E-state index in [1.54, 1.807) is 34.6 Å². The third-order valence-corrected chi connectivity index (χ3v) is 6.23. The molecule has 0 aliphatic heterocycles. The summed E-state index contributed by atoms with van der Waals surface area (Å²) in [5, 5.41) is 8.27. The lowest BCUT2D eigenvalue weighted by atomic mass is 9.89. The molecule has 8 heteroatoms. The lowest BCUT2D eigenvalue weighted by molar-refractivity contribution is 0.0940. The highest BCUT2D eigenvalue weighted by Gasteiger charge is 2.24. The maximum atomic E-state index is 12.5. The molecule has 0 fully saturated rings. The molecular weight excluding hydrogens is 360 g/mol. The van der Waals surface area contributed by atoms with Gasteiger partial charge in [0.2, 0.25) is 5.82 Å². The molecule has 0 saturated carbocycles. The van der Waals surface area contributed by atoms with Crippen molar-refractivity contribution in [3.05, 3.63) is 52.7 Å². The zero-order valence-electron chi connectivity index (χ0n) is 14.8. The van der Waals surface area contributed by atoms with Crippen molar-refractivity contribution < 1.29 is 4.79 Å². The summed E-state index contributed by atoms with van der Waals surface area (Å²) in [6.45, 7) is 2.69. The first-order valence-corrected chi connectivity index (χ1v) is 9.83.